The highest BCUT2D eigenvalue weighted by atomic mass is 14.2. The maximum Gasteiger partial charge on any atom is -0.00990 e. The number of hydrogen-bond donors (Lipinski definition) is 0. The van der Waals surface area contributed by atoms with Gasteiger partial charge < -0.3 is 0 Å². The van der Waals surface area contributed by atoms with Crippen molar-refractivity contribution in [2.24, 2.45) is 0 Å². The fourth-order valence-corrected chi connectivity index (χ4v) is 2.19. The van der Waals surface area contributed by atoms with Crippen molar-refractivity contribution < 1.29 is 0 Å². The van der Waals surface area contributed by atoms with Crippen molar-refractivity contribution in [3.05, 3.63) is 84.9 Å². The summed E-state index contributed by atoms with van der Waals surface area (Å²) in [6.07, 6.45) is 0. The van der Waals surface area contributed by atoms with E-state index < -0.39 is 0 Å². The minimum absolute atomic E-state index is 1.40. The molecule has 0 heterocycles. The Balaban J connectivity index is 0.000000142. The topological polar surface area (TPSA) is 0 Å². The lowest BCUT2D eigenvalue weighted by molar-refractivity contribution is 1.52. The molecule has 18 heavy (non-hydrogen) atoms. The summed E-state index contributed by atoms with van der Waals surface area (Å²) in [5.74, 6) is 0. The Morgan fingerprint density at radius 2 is 0.833 bits per heavy atom. The van der Waals surface area contributed by atoms with Gasteiger partial charge in [0.1, 0.15) is 0 Å². The Morgan fingerprint density at radius 1 is 0.444 bits per heavy atom. The third-order valence-corrected chi connectivity index (χ3v) is 3.04. The summed E-state index contributed by atoms with van der Waals surface area (Å²) in [5.41, 5.74) is 5.59. The molecule has 0 saturated carbocycles. The van der Waals surface area contributed by atoms with Gasteiger partial charge in [-0.1, -0.05) is 78.9 Å². The monoisotopic (exact) mass is 229 g/mol. The van der Waals surface area contributed by atoms with Gasteiger partial charge in [-0.3, -0.25) is 0 Å². The average molecular weight is 229 g/mol. The Kier molecular flexibility index (Phi) is 2.93. The summed E-state index contributed by atoms with van der Waals surface area (Å²) in [6, 6.07) is 29.6. The van der Waals surface area contributed by atoms with Crippen molar-refractivity contribution in [1.29, 1.82) is 0 Å². The average Bonchev–Trinajstić information content (AvgIpc) is 2.47. The van der Waals surface area contributed by atoms with Gasteiger partial charge in [0.2, 0.25) is 0 Å². The standard InChI is InChI=1S/C12H8.C6H5/c1-2-6-10-9(5-1)11-7-3-4-8-12(10)11;1-2-4-6-5-3-1/h1-8H;1-5H. The van der Waals surface area contributed by atoms with E-state index in [9.17, 15) is 0 Å². The molecule has 3 aromatic carbocycles. The summed E-state index contributed by atoms with van der Waals surface area (Å²) in [5, 5.41) is 0. The zero-order valence-corrected chi connectivity index (χ0v) is 10.0. The molecular formula is C18H13. The largest absolute Gasteiger partial charge is 0.0622 e. The summed E-state index contributed by atoms with van der Waals surface area (Å²) < 4.78 is 0. The van der Waals surface area contributed by atoms with Crippen LogP contribution in [-0.2, 0) is 0 Å². The van der Waals surface area contributed by atoms with E-state index in [1.807, 2.05) is 30.3 Å². The van der Waals surface area contributed by atoms with Gasteiger partial charge >= 0.3 is 0 Å². The normalized spacial score (nSPS) is 10.2. The number of hydrogen-bond acceptors (Lipinski definition) is 0. The van der Waals surface area contributed by atoms with E-state index in [1.54, 1.807) is 0 Å². The van der Waals surface area contributed by atoms with Crippen molar-refractivity contribution >= 4 is 0 Å². The van der Waals surface area contributed by atoms with Crippen LogP contribution in [-0.4, -0.2) is 0 Å². The van der Waals surface area contributed by atoms with Crippen molar-refractivity contribution in [2.75, 3.05) is 0 Å². The molecular weight excluding hydrogens is 216 g/mol. The van der Waals surface area contributed by atoms with E-state index in [0.717, 1.165) is 0 Å². The number of benzene rings is 3. The van der Waals surface area contributed by atoms with Crippen LogP contribution in [0.2, 0.25) is 0 Å². The Morgan fingerprint density at radius 3 is 1.06 bits per heavy atom. The predicted molar refractivity (Wildman–Crippen MR) is 76.2 cm³/mol. The molecule has 1 radical (unpaired) electrons. The lowest BCUT2D eigenvalue weighted by atomic mass is 9.81. The zero-order valence-electron chi connectivity index (χ0n) is 10.0. The smallest absolute Gasteiger partial charge is 0.00990 e. The molecule has 0 nitrogen and oxygen atoms in total. The van der Waals surface area contributed by atoms with Gasteiger partial charge in [-0.2, -0.15) is 0 Å². The second kappa shape index (κ2) is 4.89. The molecule has 85 valence electrons. The second-order valence-corrected chi connectivity index (χ2v) is 4.17. The molecule has 0 spiro atoms. The molecule has 0 amide bonds. The Hall–Kier alpha value is -2.34. The van der Waals surface area contributed by atoms with E-state index in [2.05, 4.69) is 54.6 Å². The fraction of sp³-hybridized carbons (Fsp3) is 0. The van der Waals surface area contributed by atoms with Gasteiger partial charge in [-0.25, -0.2) is 0 Å². The van der Waals surface area contributed by atoms with Crippen LogP contribution in [0.3, 0.4) is 0 Å². The highest BCUT2D eigenvalue weighted by Gasteiger charge is 2.19. The molecule has 0 aromatic heterocycles. The van der Waals surface area contributed by atoms with Crippen LogP contribution in [0.1, 0.15) is 0 Å². The van der Waals surface area contributed by atoms with Gasteiger partial charge in [0.05, 0.1) is 0 Å². The Labute approximate surface area is 108 Å². The lowest BCUT2D eigenvalue weighted by Crippen LogP contribution is -1.96. The predicted octanol–water partition coefficient (Wildman–Crippen LogP) is 4.82. The molecule has 0 atom stereocenters. The third kappa shape index (κ3) is 1.93. The van der Waals surface area contributed by atoms with E-state index in [-0.39, 0.29) is 0 Å². The molecule has 0 heteroatoms. The van der Waals surface area contributed by atoms with Crippen molar-refractivity contribution in [3.63, 3.8) is 0 Å². The van der Waals surface area contributed by atoms with Crippen LogP contribution < -0.4 is 0 Å². The SMILES string of the molecule is [c]1ccccc1.c1ccc2c(c1)-c1ccccc1-2. The van der Waals surface area contributed by atoms with Gasteiger partial charge in [-0.05, 0) is 28.3 Å². The molecule has 0 unspecified atom stereocenters. The van der Waals surface area contributed by atoms with Crippen LogP contribution in [0.4, 0.5) is 0 Å². The van der Waals surface area contributed by atoms with Crippen LogP contribution >= 0.6 is 0 Å². The summed E-state index contributed by atoms with van der Waals surface area (Å²) >= 11 is 0. The highest BCUT2D eigenvalue weighted by Crippen LogP contribution is 2.46. The first kappa shape index (κ1) is 10.8. The van der Waals surface area contributed by atoms with Gasteiger partial charge in [0.25, 0.3) is 0 Å². The van der Waals surface area contributed by atoms with Gasteiger partial charge in [0.15, 0.2) is 0 Å². The molecule has 3 aromatic rings. The molecule has 0 aliphatic heterocycles. The second-order valence-electron chi connectivity index (χ2n) is 4.17. The van der Waals surface area contributed by atoms with E-state index in [0.29, 0.717) is 0 Å². The summed E-state index contributed by atoms with van der Waals surface area (Å²) in [4.78, 5) is 0. The molecule has 1 aliphatic rings. The van der Waals surface area contributed by atoms with E-state index >= 15 is 0 Å². The van der Waals surface area contributed by atoms with E-state index in [4.69, 9.17) is 0 Å². The lowest BCUT2D eigenvalue weighted by Gasteiger charge is -2.22. The number of rotatable bonds is 0. The highest BCUT2D eigenvalue weighted by molar-refractivity contribution is 6.02. The molecule has 4 rings (SSSR count). The maximum atomic E-state index is 2.89. The Bertz CT molecular complexity index is 512. The fourth-order valence-electron chi connectivity index (χ4n) is 2.19. The maximum absolute atomic E-state index is 2.89. The molecule has 0 saturated heterocycles. The third-order valence-electron chi connectivity index (χ3n) is 3.04. The first-order valence-corrected chi connectivity index (χ1v) is 6.07. The van der Waals surface area contributed by atoms with Gasteiger partial charge in [0, 0.05) is 0 Å². The zero-order chi connectivity index (χ0) is 12.2. The molecule has 1 aliphatic carbocycles. The van der Waals surface area contributed by atoms with Crippen LogP contribution in [0, 0.1) is 6.07 Å². The van der Waals surface area contributed by atoms with Crippen LogP contribution in [0.15, 0.2) is 78.9 Å². The van der Waals surface area contributed by atoms with Gasteiger partial charge in [-0.15, -0.1) is 0 Å². The quantitative estimate of drug-likeness (QED) is 0.405. The number of fused-ring (bicyclic) bond motifs is 4. The molecule has 0 fully saturated rings. The summed E-state index contributed by atoms with van der Waals surface area (Å²) in [7, 11) is 0. The van der Waals surface area contributed by atoms with E-state index in [1.165, 1.54) is 22.3 Å². The van der Waals surface area contributed by atoms with Crippen molar-refractivity contribution in [1.82, 2.24) is 0 Å². The molecule has 0 bridgehead atoms. The first-order valence-electron chi connectivity index (χ1n) is 6.07. The molecule has 0 N–H and O–H groups in total. The van der Waals surface area contributed by atoms with Crippen molar-refractivity contribution in [2.45, 2.75) is 0 Å². The summed E-state index contributed by atoms with van der Waals surface area (Å²) in [6.45, 7) is 0. The van der Waals surface area contributed by atoms with Crippen LogP contribution in [0.5, 0.6) is 0 Å². The minimum Gasteiger partial charge on any atom is -0.0622 e. The first-order chi connectivity index (χ1) is 8.97. The van der Waals surface area contributed by atoms with Crippen LogP contribution in [0.25, 0.3) is 22.3 Å². The van der Waals surface area contributed by atoms with Crippen molar-refractivity contribution in [3.8, 4) is 22.3 Å². The minimum atomic E-state index is 1.40.